The maximum Gasteiger partial charge on any atom is 0.123 e. The Morgan fingerprint density at radius 1 is 0.812 bits per heavy atom. The molecule has 0 aliphatic heterocycles. The summed E-state index contributed by atoms with van der Waals surface area (Å²) in [6.45, 7) is 6.13. The molecule has 0 saturated carbocycles. The van der Waals surface area contributed by atoms with Crippen LogP contribution in [0.25, 0.3) is 11.1 Å². The monoisotopic (exact) mass is 212 g/mol. The van der Waals surface area contributed by atoms with Crippen LogP contribution in [0.2, 0.25) is 0 Å². The lowest BCUT2D eigenvalue weighted by Gasteiger charge is -2.09. The van der Waals surface area contributed by atoms with Crippen molar-refractivity contribution in [3.63, 3.8) is 0 Å². The Hall–Kier alpha value is -1.76. The van der Waals surface area contributed by atoms with Crippen LogP contribution in [-0.2, 0) is 0 Å². The number of aryl methyl sites for hydroxylation is 3. The van der Waals surface area contributed by atoms with E-state index in [9.17, 15) is 5.11 Å². The zero-order chi connectivity index (χ0) is 11.7. The highest BCUT2D eigenvalue weighted by molar-refractivity contribution is 5.71. The lowest BCUT2D eigenvalue weighted by atomic mass is 9.98. The van der Waals surface area contributed by atoms with Gasteiger partial charge in [-0.05, 0) is 49.6 Å². The van der Waals surface area contributed by atoms with Gasteiger partial charge in [0, 0.05) is 5.56 Å². The number of phenols is 1. The van der Waals surface area contributed by atoms with E-state index in [-0.39, 0.29) is 0 Å². The van der Waals surface area contributed by atoms with Gasteiger partial charge in [-0.3, -0.25) is 0 Å². The van der Waals surface area contributed by atoms with Gasteiger partial charge in [0.15, 0.2) is 0 Å². The molecule has 2 aromatic rings. The zero-order valence-corrected chi connectivity index (χ0v) is 9.91. The van der Waals surface area contributed by atoms with Crippen molar-refractivity contribution in [2.45, 2.75) is 20.8 Å². The molecule has 1 nitrogen and oxygen atoms in total. The molecule has 2 aromatic carbocycles. The molecule has 0 aliphatic rings. The predicted molar refractivity (Wildman–Crippen MR) is 67.8 cm³/mol. The highest BCUT2D eigenvalue weighted by Crippen LogP contribution is 2.31. The van der Waals surface area contributed by atoms with Gasteiger partial charge in [-0.1, -0.05) is 29.8 Å². The van der Waals surface area contributed by atoms with Crippen molar-refractivity contribution in [3.8, 4) is 16.9 Å². The summed E-state index contributed by atoms with van der Waals surface area (Å²) >= 11 is 0. The summed E-state index contributed by atoms with van der Waals surface area (Å²) < 4.78 is 0. The van der Waals surface area contributed by atoms with Crippen molar-refractivity contribution in [3.05, 3.63) is 53.1 Å². The largest absolute Gasteiger partial charge is 0.507 e. The summed E-state index contributed by atoms with van der Waals surface area (Å²) in [5, 5.41) is 9.94. The van der Waals surface area contributed by atoms with E-state index in [0.717, 1.165) is 16.7 Å². The highest BCUT2D eigenvalue weighted by atomic mass is 16.3. The maximum atomic E-state index is 9.94. The highest BCUT2D eigenvalue weighted by Gasteiger charge is 2.06. The van der Waals surface area contributed by atoms with E-state index in [1.165, 1.54) is 11.1 Å². The number of aromatic hydroxyl groups is 1. The van der Waals surface area contributed by atoms with Crippen LogP contribution < -0.4 is 0 Å². The minimum absolute atomic E-state index is 0.354. The molecule has 0 fully saturated rings. The molecular formula is C15H16O. The molecule has 0 heterocycles. The van der Waals surface area contributed by atoms with Gasteiger partial charge in [0.1, 0.15) is 5.75 Å². The molecule has 0 aromatic heterocycles. The van der Waals surface area contributed by atoms with Gasteiger partial charge < -0.3 is 5.11 Å². The number of rotatable bonds is 1. The second-order valence-electron chi connectivity index (χ2n) is 4.32. The first-order valence-electron chi connectivity index (χ1n) is 5.45. The standard InChI is InChI=1S/C15H16O/c1-10-4-6-13(7-5-10)14-8-11(2)12(3)9-15(14)16/h4-9,16H,1-3H3. The van der Waals surface area contributed by atoms with E-state index in [2.05, 4.69) is 26.0 Å². The summed E-state index contributed by atoms with van der Waals surface area (Å²) in [6, 6.07) is 12.1. The fourth-order valence-electron chi connectivity index (χ4n) is 1.77. The molecule has 0 atom stereocenters. The zero-order valence-electron chi connectivity index (χ0n) is 9.91. The fourth-order valence-corrected chi connectivity index (χ4v) is 1.77. The summed E-state index contributed by atoms with van der Waals surface area (Å²) in [5.41, 5.74) is 5.52. The topological polar surface area (TPSA) is 20.2 Å². The van der Waals surface area contributed by atoms with E-state index in [1.54, 1.807) is 0 Å². The van der Waals surface area contributed by atoms with Crippen molar-refractivity contribution < 1.29 is 5.11 Å². The van der Waals surface area contributed by atoms with Crippen molar-refractivity contribution in [1.82, 2.24) is 0 Å². The van der Waals surface area contributed by atoms with Crippen LogP contribution in [0.5, 0.6) is 5.75 Å². The van der Waals surface area contributed by atoms with E-state index >= 15 is 0 Å². The van der Waals surface area contributed by atoms with Gasteiger partial charge in [0.05, 0.1) is 0 Å². The first-order chi connectivity index (χ1) is 7.58. The summed E-state index contributed by atoms with van der Waals surface area (Å²) in [5.74, 6) is 0.354. The molecule has 0 amide bonds. The fraction of sp³-hybridized carbons (Fsp3) is 0.200. The first-order valence-corrected chi connectivity index (χ1v) is 5.45. The molecule has 0 unspecified atom stereocenters. The Kier molecular flexibility index (Phi) is 2.69. The molecule has 16 heavy (non-hydrogen) atoms. The lowest BCUT2D eigenvalue weighted by molar-refractivity contribution is 0.476. The minimum Gasteiger partial charge on any atom is -0.507 e. The van der Waals surface area contributed by atoms with E-state index in [4.69, 9.17) is 0 Å². The Morgan fingerprint density at radius 2 is 1.38 bits per heavy atom. The Morgan fingerprint density at radius 3 is 2.00 bits per heavy atom. The number of hydrogen-bond donors (Lipinski definition) is 1. The molecule has 1 heteroatoms. The van der Waals surface area contributed by atoms with Gasteiger partial charge >= 0.3 is 0 Å². The number of benzene rings is 2. The average molecular weight is 212 g/mol. The number of hydrogen-bond acceptors (Lipinski definition) is 1. The molecular weight excluding hydrogens is 196 g/mol. The normalized spacial score (nSPS) is 10.4. The third-order valence-electron chi connectivity index (χ3n) is 2.97. The van der Waals surface area contributed by atoms with Crippen LogP contribution in [0.15, 0.2) is 36.4 Å². The van der Waals surface area contributed by atoms with Crippen LogP contribution in [0, 0.1) is 20.8 Å². The van der Waals surface area contributed by atoms with Crippen molar-refractivity contribution >= 4 is 0 Å². The molecule has 0 bridgehead atoms. The van der Waals surface area contributed by atoms with Gasteiger partial charge in [-0.25, -0.2) is 0 Å². The average Bonchev–Trinajstić information content (AvgIpc) is 2.25. The van der Waals surface area contributed by atoms with E-state index < -0.39 is 0 Å². The predicted octanol–water partition coefficient (Wildman–Crippen LogP) is 3.98. The van der Waals surface area contributed by atoms with Crippen molar-refractivity contribution in [1.29, 1.82) is 0 Å². The Balaban J connectivity index is 2.56. The molecule has 0 spiro atoms. The van der Waals surface area contributed by atoms with Gasteiger partial charge in [-0.15, -0.1) is 0 Å². The van der Waals surface area contributed by atoms with Crippen LogP contribution in [0.1, 0.15) is 16.7 Å². The van der Waals surface area contributed by atoms with Gasteiger partial charge in [-0.2, -0.15) is 0 Å². The lowest BCUT2D eigenvalue weighted by Crippen LogP contribution is -1.85. The summed E-state index contributed by atoms with van der Waals surface area (Å²) in [6.07, 6.45) is 0. The van der Waals surface area contributed by atoms with Gasteiger partial charge in [0.2, 0.25) is 0 Å². The van der Waals surface area contributed by atoms with Crippen LogP contribution in [0.3, 0.4) is 0 Å². The summed E-state index contributed by atoms with van der Waals surface area (Å²) in [4.78, 5) is 0. The third-order valence-corrected chi connectivity index (χ3v) is 2.97. The first kappa shape index (κ1) is 10.7. The van der Waals surface area contributed by atoms with E-state index in [1.807, 2.05) is 31.2 Å². The molecule has 0 radical (unpaired) electrons. The molecule has 0 aliphatic carbocycles. The van der Waals surface area contributed by atoms with Crippen molar-refractivity contribution in [2.75, 3.05) is 0 Å². The minimum atomic E-state index is 0.354. The quantitative estimate of drug-likeness (QED) is 0.758. The second kappa shape index (κ2) is 4.01. The molecule has 0 saturated heterocycles. The second-order valence-corrected chi connectivity index (χ2v) is 4.32. The molecule has 1 N–H and O–H groups in total. The van der Waals surface area contributed by atoms with Gasteiger partial charge in [0.25, 0.3) is 0 Å². The maximum absolute atomic E-state index is 9.94. The molecule has 82 valence electrons. The van der Waals surface area contributed by atoms with Crippen LogP contribution in [-0.4, -0.2) is 5.11 Å². The SMILES string of the molecule is Cc1ccc(-c2cc(C)c(C)cc2O)cc1. The van der Waals surface area contributed by atoms with Crippen molar-refractivity contribution in [2.24, 2.45) is 0 Å². The van der Waals surface area contributed by atoms with Crippen LogP contribution in [0.4, 0.5) is 0 Å². The third kappa shape index (κ3) is 1.94. The van der Waals surface area contributed by atoms with Crippen LogP contribution >= 0.6 is 0 Å². The number of phenolic OH excluding ortho intramolecular Hbond substituents is 1. The molecule has 2 rings (SSSR count). The smallest absolute Gasteiger partial charge is 0.123 e. The summed E-state index contributed by atoms with van der Waals surface area (Å²) in [7, 11) is 0. The van der Waals surface area contributed by atoms with E-state index in [0.29, 0.717) is 5.75 Å². The Labute approximate surface area is 96.4 Å². The Bertz CT molecular complexity index is 510.